The Kier molecular flexibility index (Phi) is 5.28. The highest BCUT2D eigenvalue weighted by atomic mass is 19.4. The van der Waals surface area contributed by atoms with Gasteiger partial charge in [0.1, 0.15) is 5.75 Å². The summed E-state index contributed by atoms with van der Waals surface area (Å²) in [6.07, 6.45) is -3.49. The molecule has 0 aliphatic carbocycles. The van der Waals surface area contributed by atoms with Crippen LogP contribution in [0.3, 0.4) is 0 Å². The van der Waals surface area contributed by atoms with E-state index in [1.54, 1.807) is 4.90 Å². The van der Waals surface area contributed by atoms with Crippen LogP contribution < -0.4 is 10.1 Å². The normalized spacial score (nSPS) is 18.5. The summed E-state index contributed by atoms with van der Waals surface area (Å²) >= 11 is 0. The number of halogens is 3. The number of amides is 1. The summed E-state index contributed by atoms with van der Waals surface area (Å²) < 4.78 is 43.0. The van der Waals surface area contributed by atoms with E-state index in [0.29, 0.717) is 19.0 Å². The third-order valence-corrected chi connectivity index (χ3v) is 3.66. The van der Waals surface area contributed by atoms with Gasteiger partial charge >= 0.3 is 6.18 Å². The van der Waals surface area contributed by atoms with Crippen LogP contribution in [0, 0.1) is 5.92 Å². The molecule has 1 aliphatic heterocycles. The van der Waals surface area contributed by atoms with Crippen molar-refractivity contribution in [3.8, 4) is 5.75 Å². The molecule has 22 heavy (non-hydrogen) atoms. The topological polar surface area (TPSA) is 41.6 Å². The maximum atomic E-state index is 12.6. The maximum Gasteiger partial charge on any atom is 0.416 e. The highest BCUT2D eigenvalue weighted by molar-refractivity contribution is 5.78. The quantitative estimate of drug-likeness (QED) is 0.905. The Balaban J connectivity index is 1.87. The van der Waals surface area contributed by atoms with Crippen molar-refractivity contribution in [1.29, 1.82) is 0 Å². The first-order valence-corrected chi connectivity index (χ1v) is 7.12. The van der Waals surface area contributed by atoms with E-state index < -0.39 is 11.7 Å². The van der Waals surface area contributed by atoms with Gasteiger partial charge in [0.2, 0.25) is 0 Å². The molecular formula is C15H19F3N2O2. The Labute approximate surface area is 127 Å². The van der Waals surface area contributed by atoms with Gasteiger partial charge < -0.3 is 15.0 Å². The minimum absolute atomic E-state index is 0.0501. The third kappa shape index (κ3) is 4.37. The zero-order valence-corrected chi connectivity index (χ0v) is 12.3. The van der Waals surface area contributed by atoms with Crippen LogP contribution in [0.5, 0.6) is 5.75 Å². The van der Waals surface area contributed by atoms with Crippen molar-refractivity contribution in [2.24, 2.45) is 5.92 Å². The molecule has 0 unspecified atom stereocenters. The zero-order valence-electron chi connectivity index (χ0n) is 12.3. The van der Waals surface area contributed by atoms with Gasteiger partial charge in [-0.25, -0.2) is 0 Å². The van der Waals surface area contributed by atoms with Gasteiger partial charge in [0.15, 0.2) is 6.61 Å². The summed E-state index contributed by atoms with van der Waals surface area (Å²) in [5.74, 6) is 0.271. The van der Waals surface area contributed by atoms with E-state index in [4.69, 9.17) is 4.74 Å². The van der Waals surface area contributed by atoms with E-state index in [1.165, 1.54) is 12.1 Å². The summed E-state index contributed by atoms with van der Waals surface area (Å²) in [5.41, 5.74) is -0.785. The highest BCUT2D eigenvalue weighted by Gasteiger charge is 2.31. The van der Waals surface area contributed by atoms with Gasteiger partial charge in [-0.05, 0) is 44.1 Å². The molecule has 0 aromatic heterocycles. The van der Waals surface area contributed by atoms with Gasteiger partial charge in [-0.1, -0.05) is 6.07 Å². The molecule has 1 atom stereocenters. The summed E-state index contributed by atoms with van der Waals surface area (Å²) in [7, 11) is 1.86. The van der Waals surface area contributed by atoms with E-state index in [1.807, 2.05) is 7.05 Å². The molecule has 7 heteroatoms. The van der Waals surface area contributed by atoms with Crippen molar-refractivity contribution in [2.45, 2.75) is 12.6 Å². The van der Waals surface area contributed by atoms with Crippen LogP contribution in [0.25, 0.3) is 0 Å². The summed E-state index contributed by atoms with van der Waals surface area (Å²) in [5, 5.41) is 3.07. The van der Waals surface area contributed by atoms with Crippen LogP contribution in [-0.2, 0) is 11.0 Å². The smallest absolute Gasteiger partial charge is 0.416 e. The molecule has 0 saturated carbocycles. The zero-order chi connectivity index (χ0) is 16.2. The van der Waals surface area contributed by atoms with Crippen LogP contribution >= 0.6 is 0 Å². The second kappa shape index (κ2) is 7.00. The summed E-state index contributed by atoms with van der Waals surface area (Å²) in [4.78, 5) is 13.7. The SMILES string of the molecule is CNC[C@@H]1CCN(C(=O)COc2cccc(C(F)(F)F)c2)C1. The number of ether oxygens (including phenoxy) is 1. The molecule has 4 nitrogen and oxygen atoms in total. The predicted molar refractivity (Wildman–Crippen MR) is 75.6 cm³/mol. The average molecular weight is 316 g/mol. The van der Waals surface area contributed by atoms with E-state index >= 15 is 0 Å². The largest absolute Gasteiger partial charge is 0.484 e. The Morgan fingerprint density at radius 3 is 2.91 bits per heavy atom. The molecule has 1 fully saturated rings. The van der Waals surface area contributed by atoms with E-state index in [9.17, 15) is 18.0 Å². The molecule has 1 saturated heterocycles. The number of likely N-dealkylation sites (tertiary alicyclic amines) is 1. The third-order valence-electron chi connectivity index (χ3n) is 3.66. The van der Waals surface area contributed by atoms with Crippen LogP contribution in [0.4, 0.5) is 13.2 Å². The minimum Gasteiger partial charge on any atom is -0.484 e. The number of carbonyl (C=O) groups is 1. The van der Waals surface area contributed by atoms with Crippen LogP contribution in [0.1, 0.15) is 12.0 Å². The average Bonchev–Trinajstić information content (AvgIpc) is 2.93. The lowest BCUT2D eigenvalue weighted by Crippen LogP contribution is -2.34. The van der Waals surface area contributed by atoms with Crippen molar-refractivity contribution >= 4 is 5.91 Å². The molecule has 0 spiro atoms. The van der Waals surface area contributed by atoms with Crippen molar-refractivity contribution in [1.82, 2.24) is 10.2 Å². The molecule has 1 amide bonds. The number of nitrogens with zero attached hydrogens (tertiary/aromatic N) is 1. The molecule has 0 bridgehead atoms. The molecule has 1 heterocycles. The predicted octanol–water partition coefficient (Wildman–Crippen LogP) is 2.15. The Bertz CT molecular complexity index is 520. The van der Waals surface area contributed by atoms with Crippen molar-refractivity contribution in [3.05, 3.63) is 29.8 Å². The lowest BCUT2D eigenvalue weighted by atomic mass is 10.1. The number of hydrogen-bond acceptors (Lipinski definition) is 3. The molecule has 0 radical (unpaired) electrons. The van der Waals surface area contributed by atoms with Gasteiger partial charge in [0.05, 0.1) is 5.56 Å². The fraction of sp³-hybridized carbons (Fsp3) is 0.533. The first-order chi connectivity index (χ1) is 10.4. The van der Waals surface area contributed by atoms with Crippen LogP contribution in [0.2, 0.25) is 0 Å². The molecule has 2 rings (SSSR count). The van der Waals surface area contributed by atoms with Crippen molar-refractivity contribution in [2.75, 3.05) is 33.3 Å². The maximum absolute atomic E-state index is 12.6. The second-order valence-corrected chi connectivity index (χ2v) is 5.37. The van der Waals surface area contributed by atoms with Gasteiger partial charge in [-0.3, -0.25) is 4.79 Å². The summed E-state index contributed by atoms with van der Waals surface area (Å²) in [6, 6.07) is 4.55. The van der Waals surface area contributed by atoms with E-state index in [-0.39, 0.29) is 18.3 Å². The Morgan fingerprint density at radius 1 is 1.45 bits per heavy atom. The first-order valence-electron chi connectivity index (χ1n) is 7.12. The van der Waals surface area contributed by atoms with Gasteiger partial charge in [-0.2, -0.15) is 13.2 Å². The molecule has 1 aromatic carbocycles. The Hall–Kier alpha value is -1.76. The van der Waals surface area contributed by atoms with Gasteiger partial charge in [0.25, 0.3) is 5.91 Å². The lowest BCUT2D eigenvalue weighted by molar-refractivity contribution is -0.137. The number of alkyl halides is 3. The van der Waals surface area contributed by atoms with Gasteiger partial charge in [-0.15, -0.1) is 0 Å². The van der Waals surface area contributed by atoms with Crippen LogP contribution in [0.15, 0.2) is 24.3 Å². The summed E-state index contributed by atoms with van der Waals surface area (Å²) in [6.45, 7) is 1.93. The second-order valence-electron chi connectivity index (χ2n) is 5.37. The first kappa shape index (κ1) is 16.6. The minimum atomic E-state index is -4.42. The van der Waals surface area contributed by atoms with Crippen LogP contribution in [-0.4, -0.2) is 44.1 Å². The fourth-order valence-corrected chi connectivity index (χ4v) is 2.51. The van der Waals surface area contributed by atoms with Crippen molar-refractivity contribution in [3.63, 3.8) is 0 Å². The monoisotopic (exact) mass is 316 g/mol. The van der Waals surface area contributed by atoms with Crippen molar-refractivity contribution < 1.29 is 22.7 Å². The number of nitrogens with one attached hydrogen (secondary N) is 1. The molecule has 1 aliphatic rings. The molecular weight excluding hydrogens is 297 g/mol. The number of benzene rings is 1. The molecule has 1 N–H and O–H groups in total. The number of carbonyl (C=O) groups excluding carboxylic acids is 1. The standard InChI is InChI=1S/C15H19F3N2O2/c1-19-8-11-5-6-20(9-11)14(21)10-22-13-4-2-3-12(7-13)15(16,17)18/h2-4,7,11,19H,5-6,8-10H2,1H3/t11-/m0/s1. The van der Waals surface area contributed by atoms with E-state index in [0.717, 1.165) is 25.1 Å². The fourth-order valence-electron chi connectivity index (χ4n) is 2.51. The van der Waals surface area contributed by atoms with E-state index in [2.05, 4.69) is 5.32 Å². The highest BCUT2D eigenvalue weighted by Crippen LogP contribution is 2.31. The number of hydrogen-bond donors (Lipinski definition) is 1. The van der Waals surface area contributed by atoms with Gasteiger partial charge in [0, 0.05) is 13.1 Å². The lowest BCUT2D eigenvalue weighted by Gasteiger charge is -2.17. The molecule has 122 valence electrons. The molecule has 1 aromatic rings. The number of rotatable bonds is 5. The Morgan fingerprint density at radius 2 is 2.23 bits per heavy atom.